The molecule has 29 heavy (non-hydrogen) atoms. The van der Waals surface area contributed by atoms with E-state index in [1.807, 2.05) is 0 Å². The van der Waals surface area contributed by atoms with E-state index in [1.54, 1.807) is 18.4 Å². The summed E-state index contributed by atoms with van der Waals surface area (Å²) < 4.78 is 8.16. The Bertz CT molecular complexity index is 967. The normalized spacial score (nSPS) is 18.7. The van der Waals surface area contributed by atoms with Gasteiger partial charge in [0.2, 0.25) is 0 Å². The lowest BCUT2D eigenvalue weighted by Crippen LogP contribution is -2.18. The van der Waals surface area contributed by atoms with Gasteiger partial charge in [0.25, 0.3) is 0 Å². The lowest BCUT2D eigenvalue weighted by molar-refractivity contribution is 0.321. The molecule has 5 rings (SSSR count). The quantitative estimate of drug-likeness (QED) is 0.550. The molecule has 2 aliphatic rings. The maximum atomic E-state index is 5.74. The molecule has 2 fully saturated rings. The van der Waals surface area contributed by atoms with Crippen LogP contribution >= 0.6 is 11.3 Å². The first-order valence-electron chi connectivity index (χ1n) is 11.0. The van der Waals surface area contributed by atoms with E-state index in [1.165, 1.54) is 74.5 Å². The molecule has 0 radical (unpaired) electrons. The van der Waals surface area contributed by atoms with Crippen LogP contribution in [0, 0.1) is 5.92 Å². The Hall–Kier alpha value is -1.92. The maximum Gasteiger partial charge on any atom is 0.150 e. The van der Waals surface area contributed by atoms with Gasteiger partial charge in [-0.25, -0.2) is 0 Å². The van der Waals surface area contributed by atoms with Crippen LogP contribution in [-0.4, -0.2) is 39.9 Å². The van der Waals surface area contributed by atoms with Crippen LogP contribution in [0.25, 0.3) is 21.5 Å². The van der Waals surface area contributed by atoms with E-state index in [4.69, 9.17) is 4.74 Å². The van der Waals surface area contributed by atoms with Crippen molar-refractivity contribution in [3.05, 3.63) is 29.4 Å². The number of hydrogen-bond donors (Lipinski definition) is 0. The van der Waals surface area contributed by atoms with Crippen LogP contribution in [0.3, 0.4) is 0 Å². The van der Waals surface area contributed by atoms with Crippen molar-refractivity contribution in [2.75, 3.05) is 20.2 Å². The summed E-state index contributed by atoms with van der Waals surface area (Å²) >= 11 is 1.74. The van der Waals surface area contributed by atoms with Gasteiger partial charge in [0.05, 0.1) is 19.2 Å². The topological polar surface area (TPSA) is 43.2 Å². The minimum atomic E-state index is 0.761. The zero-order valence-corrected chi connectivity index (χ0v) is 18.1. The second-order valence-corrected chi connectivity index (χ2v) is 9.60. The highest BCUT2D eigenvalue weighted by molar-refractivity contribution is 7.14. The van der Waals surface area contributed by atoms with E-state index in [2.05, 4.69) is 44.1 Å². The lowest BCUT2D eigenvalue weighted by atomic mass is 9.89. The summed E-state index contributed by atoms with van der Waals surface area (Å²) in [5, 5.41) is 12.5. The molecule has 1 saturated carbocycles. The number of nitrogens with zero attached hydrogens (tertiary/aromatic N) is 4. The molecular weight excluding hydrogens is 380 g/mol. The molecule has 1 aliphatic heterocycles. The van der Waals surface area contributed by atoms with Crippen molar-refractivity contribution in [2.24, 2.45) is 5.92 Å². The van der Waals surface area contributed by atoms with Crippen LogP contribution in [0.4, 0.5) is 0 Å². The zero-order valence-electron chi connectivity index (χ0n) is 17.3. The van der Waals surface area contributed by atoms with Crippen LogP contribution < -0.4 is 4.74 Å². The molecule has 3 heterocycles. The third-order valence-corrected chi connectivity index (χ3v) is 7.46. The summed E-state index contributed by atoms with van der Waals surface area (Å²) in [6.07, 6.45) is 11.7. The molecule has 3 aromatic rings. The number of hydrogen-bond acceptors (Lipinski definition) is 5. The third-order valence-electron chi connectivity index (χ3n) is 6.52. The Labute approximate surface area is 176 Å². The van der Waals surface area contributed by atoms with Crippen molar-refractivity contribution >= 4 is 22.2 Å². The number of para-hydroxylation sites is 1. The predicted octanol–water partition coefficient (Wildman–Crippen LogP) is 5.34. The Balaban J connectivity index is 1.49. The van der Waals surface area contributed by atoms with Gasteiger partial charge in [0.15, 0.2) is 0 Å². The molecule has 154 valence electrons. The van der Waals surface area contributed by atoms with Gasteiger partial charge in [0, 0.05) is 23.7 Å². The van der Waals surface area contributed by atoms with E-state index in [0.29, 0.717) is 0 Å². The fourth-order valence-electron chi connectivity index (χ4n) is 5.01. The first kappa shape index (κ1) is 19.1. The van der Waals surface area contributed by atoms with Gasteiger partial charge in [0.1, 0.15) is 15.8 Å². The molecule has 1 aliphatic carbocycles. The van der Waals surface area contributed by atoms with E-state index in [-0.39, 0.29) is 0 Å². The average Bonchev–Trinajstić information content (AvgIpc) is 3.50. The van der Waals surface area contributed by atoms with Crippen molar-refractivity contribution in [1.82, 2.24) is 19.7 Å². The first-order valence-corrected chi connectivity index (χ1v) is 11.8. The second kappa shape index (κ2) is 8.44. The minimum Gasteiger partial charge on any atom is -0.495 e. The van der Waals surface area contributed by atoms with Gasteiger partial charge in [-0.05, 0) is 50.8 Å². The molecule has 0 N–H and O–H groups in total. The second-order valence-electron chi connectivity index (χ2n) is 8.54. The van der Waals surface area contributed by atoms with E-state index in [9.17, 15) is 0 Å². The highest BCUT2D eigenvalue weighted by Gasteiger charge is 2.21. The summed E-state index contributed by atoms with van der Waals surface area (Å²) in [5.74, 6) is 1.71. The molecule has 6 heteroatoms. The van der Waals surface area contributed by atoms with Gasteiger partial charge >= 0.3 is 0 Å². The molecule has 0 amide bonds. The summed E-state index contributed by atoms with van der Waals surface area (Å²) in [5.41, 5.74) is 2.40. The van der Waals surface area contributed by atoms with Crippen LogP contribution in [-0.2, 0) is 13.1 Å². The Morgan fingerprint density at radius 1 is 1.07 bits per heavy atom. The predicted molar refractivity (Wildman–Crippen MR) is 118 cm³/mol. The number of fused-ring (bicyclic) bond motifs is 1. The highest BCUT2D eigenvalue weighted by Crippen LogP contribution is 2.38. The van der Waals surface area contributed by atoms with E-state index < -0.39 is 0 Å². The van der Waals surface area contributed by atoms with E-state index >= 15 is 0 Å². The van der Waals surface area contributed by atoms with Crippen LogP contribution in [0.5, 0.6) is 5.75 Å². The Kier molecular flexibility index (Phi) is 5.55. The molecule has 2 aromatic heterocycles. The van der Waals surface area contributed by atoms with Crippen molar-refractivity contribution in [3.63, 3.8) is 0 Å². The molecule has 0 spiro atoms. The number of aromatic nitrogens is 3. The van der Waals surface area contributed by atoms with Crippen molar-refractivity contribution < 1.29 is 4.74 Å². The van der Waals surface area contributed by atoms with Gasteiger partial charge in [-0.15, -0.1) is 10.2 Å². The van der Waals surface area contributed by atoms with Gasteiger partial charge in [-0.1, -0.05) is 42.7 Å². The van der Waals surface area contributed by atoms with Gasteiger partial charge in [-0.2, -0.15) is 0 Å². The third kappa shape index (κ3) is 3.92. The number of ether oxygens (including phenoxy) is 1. The molecular formula is C23H30N4OS. The smallest absolute Gasteiger partial charge is 0.150 e. The summed E-state index contributed by atoms with van der Waals surface area (Å²) in [4.78, 5) is 2.49. The van der Waals surface area contributed by atoms with E-state index in [0.717, 1.165) is 34.8 Å². The van der Waals surface area contributed by atoms with Crippen LogP contribution in [0.15, 0.2) is 24.4 Å². The molecule has 0 bridgehead atoms. The summed E-state index contributed by atoms with van der Waals surface area (Å²) in [6.45, 7) is 4.37. The van der Waals surface area contributed by atoms with Crippen molar-refractivity contribution in [2.45, 2.75) is 58.0 Å². The Morgan fingerprint density at radius 3 is 2.69 bits per heavy atom. The molecule has 1 aromatic carbocycles. The first-order chi connectivity index (χ1) is 14.3. The van der Waals surface area contributed by atoms with Gasteiger partial charge < -0.3 is 9.30 Å². The number of methoxy groups -OCH3 is 1. The average molecular weight is 411 g/mol. The van der Waals surface area contributed by atoms with Crippen LogP contribution in [0.1, 0.15) is 50.0 Å². The monoisotopic (exact) mass is 410 g/mol. The summed E-state index contributed by atoms with van der Waals surface area (Å²) in [7, 11) is 1.77. The SMILES string of the molecule is COc1cccc2c(-c3nnc(CN4CCCC4)s3)cn(CC3CCCCC3)c12. The number of rotatable bonds is 6. The standard InChI is InChI=1S/C23H30N4OS/c1-28-20-11-7-10-18-19(15-27(22(18)20)14-17-8-3-2-4-9-17)23-25-24-21(29-23)16-26-12-5-6-13-26/h7,10-11,15,17H,2-6,8-9,12-14,16H2,1H3. The van der Waals surface area contributed by atoms with Crippen molar-refractivity contribution in [1.29, 1.82) is 0 Å². The highest BCUT2D eigenvalue weighted by atomic mass is 32.1. The minimum absolute atomic E-state index is 0.761. The largest absolute Gasteiger partial charge is 0.495 e. The van der Waals surface area contributed by atoms with Crippen LogP contribution in [0.2, 0.25) is 0 Å². The fraction of sp³-hybridized carbons (Fsp3) is 0.565. The van der Waals surface area contributed by atoms with Crippen molar-refractivity contribution in [3.8, 4) is 16.3 Å². The maximum absolute atomic E-state index is 5.74. The number of likely N-dealkylation sites (tertiary alicyclic amines) is 1. The fourth-order valence-corrected chi connectivity index (χ4v) is 5.92. The molecule has 5 nitrogen and oxygen atoms in total. The summed E-state index contributed by atoms with van der Waals surface area (Å²) in [6, 6.07) is 6.36. The zero-order chi connectivity index (χ0) is 19.6. The molecule has 0 unspecified atom stereocenters. The van der Waals surface area contributed by atoms with Gasteiger partial charge in [-0.3, -0.25) is 4.90 Å². The number of benzene rings is 1. The Morgan fingerprint density at radius 2 is 1.90 bits per heavy atom. The molecule has 1 saturated heterocycles. The lowest BCUT2D eigenvalue weighted by Gasteiger charge is -2.22. The molecule has 0 atom stereocenters.